The maximum Gasteiger partial charge on any atom is 0.326 e. The minimum absolute atomic E-state index is 0.0644. The Bertz CT molecular complexity index is 569. The van der Waals surface area contributed by atoms with E-state index in [-0.39, 0.29) is 18.4 Å². The van der Waals surface area contributed by atoms with Crippen LogP contribution in [0.15, 0.2) is 0 Å². The topological polar surface area (TPSA) is 134 Å². The zero-order valence-electron chi connectivity index (χ0n) is 18.1. The molecule has 0 aliphatic carbocycles. The number of carboxylic acids is 1. The van der Waals surface area contributed by atoms with E-state index in [1.165, 1.54) is 6.92 Å². The van der Waals surface area contributed by atoms with Gasteiger partial charge in [-0.3, -0.25) is 14.4 Å². The predicted molar refractivity (Wildman–Crippen MR) is 104 cm³/mol. The molecule has 0 rings (SSSR count). The summed E-state index contributed by atoms with van der Waals surface area (Å²) < 4.78 is 5.59. The largest absolute Gasteiger partial charge is 0.480 e. The smallest absolute Gasteiger partial charge is 0.326 e. The summed E-state index contributed by atoms with van der Waals surface area (Å²) in [4.78, 5) is 48.0. The number of aliphatic carboxylic acids is 1. The number of rotatable bonds is 10. The molecule has 0 spiro atoms. The zero-order chi connectivity index (χ0) is 22.2. The van der Waals surface area contributed by atoms with E-state index in [2.05, 4.69) is 16.0 Å². The average molecular weight is 402 g/mol. The van der Waals surface area contributed by atoms with Gasteiger partial charge in [0.25, 0.3) is 0 Å². The van der Waals surface area contributed by atoms with Crippen molar-refractivity contribution in [3.05, 3.63) is 0 Å². The first-order valence-electron chi connectivity index (χ1n) is 9.40. The minimum atomic E-state index is -1.15. The van der Waals surface area contributed by atoms with Gasteiger partial charge in [0.1, 0.15) is 18.1 Å². The van der Waals surface area contributed by atoms with E-state index >= 15 is 0 Å². The number of ether oxygens (including phenoxy) is 1. The summed E-state index contributed by atoms with van der Waals surface area (Å²) in [5.74, 6) is -3.35. The molecule has 0 radical (unpaired) electrons. The molecule has 0 fully saturated rings. The third-order valence-electron chi connectivity index (χ3n) is 3.85. The monoisotopic (exact) mass is 401 g/mol. The Labute approximate surface area is 167 Å². The minimum Gasteiger partial charge on any atom is -0.480 e. The van der Waals surface area contributed by atoms with Crippen LogP contribution in [0, 0.1) is 11.8 Å². The van der Waals surface area contributed by atoms with Gasteiger partial charge in [0.05, 0.1) is 12.2 Å². The molecule has 9 nitrogen and oxygen atoms in total. The van der Waals surface area contributed by atoms with E-state index in [4.69, 9.17) is 4.74 Å². The highest BCUT2D eigenvalue weighted by molar-refractivity contribution is 5.93. The van der Waals surface area contributed by atoms with Crippen LogP contribution in [-0.2, 0) is 23.9 Å². The lowest BCUT2D eigenvalue weighted by molar-refractivity contribution is -0.144. The quantitative estimate of drug-likeness (QED) is 0.425. The second-order valence-electron chi connectivity index (χ2n) is 8.48. The lowest BCUT2D eigenvalue weighted by Crippen LogP contribution is -2.59. The van der Waals surface area contributed by atoms with E-state index in [0.29, 0.717) is 0 Å². The number of carbonyl (C=O) groups excluding carboxylic acids is 3. The highest BCUT2D eigenvalue weighted by Gasteiger charge is 2.32. The number of nitrogens with one attached hydrogen (secondary N) is 3. The van der Waals surface area contributed by atoms with Gasteiger partial charge in [0.2, 0.25) is 17.7 Å². The molecule has 0 unspecified atom stereocenters. The molecule has 0 aromatic carbocycles. The molecular formula is C19H35N3O6. The maximum absolute atomic E-state index is 12.7. The molecular weight excluding hydrogens is 366 g/mol. The van der Waals surface area contributed by atoms with Crippen LogP contribution < -0.4 is 16.0 Å². The SMILES string of the molecule is CC(=O)N[C@@H](COC(C)(C)C)C(=O)N[C@H](C(=O)N[C@H](C(=O)O)C(C)C)C(C)C. The third kappa shape index (κ3) is 9.68. The number of amides is 3. The van der Waals surface area contributed by atoms with Crippen molar-refractivity contribution in [2.75, 3.05) is 6.61 Å². The molecule has 0 saturated heterocycles. The fraction of sp³-hybridized carbons (Fsp3) is 0.789. The van der Waals surface area contributed by atoms with Crippen molar-refractivity contribution >= 4 is 23.7 Å². The van der Waals surface area contributed by atoms with Gasteiger partial charge >= 0.3 is 5.97 Å². The Kier molecular flexibility index (Phi) is 10.1. The van der Waals surface area contributed by atoms with Crippen molar-refractivity contribution in [3.63, 3.8) is 0 Å². The van der Waals surface area contributed by atoms with Crippen molar-refractivity contribution in [2.24, 2.45) is 11.8 Å². The first kappa shape index (κ1) is 25.8. The van der Waals surface area contributed by atoms with Crippen molar-refractivity contribution in [2.45, 2.75) is 79.1 Å². The second-order valence-corrected chi connectivity index (χ2v) is 8.48. The van der Waals surface area contributed by atoms with Crippen molar-refractivity contribution in [3.8, 4) is 0 Å². The predicted octanol–water partition coefficient (Wildman–Crippen LogP) is 0.672. The number of carbonyl (C=O) groups is 4. The van der Waals surface area contributed by atoms with E-state index in [0.717, 1.165) is 0 Å². The normalized spacial score (nSPS) is 14.9. The van der Waals surface area contributed by atoms with Crippen LogP contribution >= 0.6 is 0 Å². The standard InChI is InChI=1S/C19H35N3O6/c1-10(2)14(17(25)22-15(11(3)4)18(26)27)21-16(24)13(20-12(5)23)9-28-19(6,7)8/h10-11,13-15H,9H2,1-8H3,(H,20,23)(H,21,24)(H,22,25)(H,26,27)/t13-,14-,15-/m0/s1. The first-order valence-corrected chi connectivity index (χ1v) is 9.40. The molecule has 4 N–H and O–H groups in total. The third-order valence-corrected chi connectivity index (χ3v) is 3.85. The van der Waals surface area contributed by atoms with Gasteiger partial charge < -0.3 is 25.8 Å². The fourth-order valence-corrected chi connectivity index (χ4v) is 2.31. The highest BCUT2D eigenvalue weighted by atomic mass is 16.5. The van der Waals surface area contributed by atoms with Gasteiger partial charge in [0, 0.05) is 6.92 Å². The number of hydrogen-bond acceptors (Lipinski definition) is 5. The molecule has 3 atom stereocenters. The van der Waals surface area contributed by atoms with Crippen LogP contribution in [0.3, 0.4) is 0 Å². The van der Waals surface area contributed by atoms with Crippen molar-refractivity contribution < 1.29 is 29.0 Å². The highest BCUT2D eigenvalue weighted by Crippen LogP contribution is 2.09. The summed E-state index contributed by atoms with van der Waals surface area (Å²) in [6.45, 7) is 13.5. The zero-order valence-corrected chi connectivity index (χ0v) is 18.1. The fourth-order valence-electron chi connectivity index (χ4n) is 2.31. The maximum atomic E-state index is 12.7. The molecule has 0 aliphatic heterocycles. The molecule has 162 valence electrons. The van der Waals surface area contributed by atoms with Crippen LogP contribution in [0.4, 0.5) is 0 Å². The Morgan fingerprint density at radius 3 is 1.68 bits per heavy atom. The van der Waals surface area contributed by atoms with E-state index in [1.54, 1.807) is 27.7 Å². The van der Waals surface area contributed by atoms with Gasteiger partial charge in [-0.15, -0.1) is 0 Å². The molecule has 9 heteroatoms. The van der Waals surface area contributed by atoms with Crippen molar-refractivity contribution in [1.82, 2.24) is 16.0 Å². The summed E-state index contributed by atoms with van der Waals surface area (Å²) in [7, 11) is 0. The summed E-state index contributed by atoms with van der Waals surface area (Å²) in [5.41, 5.74) is -0.516. The molecule has 0 bridgehead atoms. The molecule has 0 saturated carbocycles. The lowest BCUT2D eigenvalue weighted by atomic mass is 10.00. The van der Waals surface area contributed by atoms with Gasteiger partial charge in [-0.2, -0.15) is 0 Å². The Hall–Kier alpha value is -2.16. The number of carboxylic acid groups (broad SMARTS) is 1. The van der Waals surface area contributed by atoms with E-state index in [9.17, 15) is 24.3 Å². The molecule has 0 aromatic heterocycles. The first-order chi connectivity index (χ1) is 12.7. The van der Waals surface area contributed by atoms with Crippen LogP contribution in [0.5, 0.6) is 0 Å². The van der Waals surface area contributed by atoms with Crippen molar-refractivity contribution in [1.29, 1.82) is 0 Å². The van der Waals surface area contributed by atoms with Gasteiger partial charge in [0.15, 0.2) is 0 Å². The molecule has 3 amide bonds. The molecule has 0 aromatic rings. The number of hydrogen-bond donors (Lipinski definition) is 4. The molecule has 0 aliphatic rings. The van der Waals surface area contributed by atoms with Crippen LogP contribution in [0.2, 0.25) is 0 Å². The Morgan fingerprint density at radius 1 is 0.857 bits per heavy atom. The van der Waals surface area contributed by atoms with Gasteiger partial charge in [-0.25, -0.2) is 4.79 Å². The summed E-state index contributed by atoms with van der Waals surface area (Å²) >= 11 is 0. The van der Waals surface area contributed by atoms with Crippen LogP contribution in [0.1, 0.15) is 55.4 Å². The average Bonchev–Trinajstić information content (AvgIpc) is 2.51. The lowest BCUT2D eigenvalue weighted by Gasteiger charge is -2.28. The molecule has 0 heterocycles. The second kappa shape index (κ2) is 11.0. The Balaban J connectivity index is 5.29. The van der Waals surface area contributed by atoms with Crippen LogP contribution in [-0.4, -0.2) is 59.1 Å². The van der Waals surface area contributed by atoms with Crippen LogP contribution in [0.25, 0.3) is 0 Å². The van der Waals surface area contributed by atoms with Gasteiger partial charge in [-0.1, -0.05) is 27.7 Å². The Morgan fingerprint density at radius 2 is 1.32 bits per heavy atom. The summed E-state index contributed by atoms with van der Waals surface area (Å²) in [6.07, 6.45) is 0. The van der Waals surface area contributed by atoms with Gasteiger partial charge in [-0.05, 0) is 32.6 Å². The summed E-state index contributed by atoms with van der Waals surface area (Å²) in [5, 5.41) is 16.8. The van der Waals surface area contributed by atoms with E-state index in [1.807, 2.05) is 20.8 Å². The molecule has 28 heavy (non-hydrogen) atoms. The van der Waals surface area contributed by atoms with E-state index < -0.39 is 47.4 Å². The summed E-state index contributed by atoms with van der Waals surface area (Å²) in [6, 6.07) is -3.01.